The van der Waals surface area contributed by atoms with Gasteiger partial charge < -0.3 is 10.8 Å². The summed E-state index contributed by atoms with van der Waals surface area (Å²) in [4.78, 5) is 3.93. The predicted octanol–water partition coefficient (Wildman–Crippen LogP) is 0.116. The number of rotatable bonds is 3. The number of aliphatic hydroxyl groups is 1. The van der Waals surface area contributed by atoms with Crippen molar-refractivity contribution in [2.24, 2.45) is 5.73 Å². The number of nitrogens with zero attached hydrogens (tertiary/aromatic N) is 1. The minimum absolute atomic E-state index is 0.0312. The van der Waals surface area contributed by atoms with Gasteiger partial charge in [0.2, 0.25) is 0 Å². The molecule has 0 spiro atoms. The minimum Gasteiger partial charge on any atom is -0.396 e. The number of pyridine rings is 1. The molecular weight excluding hydrogens is 140 g/mol. The van der Waals surface area contributed by atoms with E-state index in [2.05, 4.69) is 4.98 Å². The fourth-order valence-corrected chi connectivity index (χ4v) is 0.933. The summed E-state index contributed by atoms with van der Waals surface area (Å²) in [6, 6.07) is 3.76. The lowest BCUT2D eigenvalue weighted by molar-refractivity contribution is 0.267. The highest BCUT2D eigenvalue weighted by Crippen LogP contribution is 2.10. The normalized spacial score (nSPS) is 12.9. The van der Waals surface area contributed by atoms with Gasteiger partial charge in [0.15, 0.2) is 0 Å². The third-order valence-corrected chi connectivity index (χ3v) is 1.66. The molecule has 3 N–H and O–H groups in total. The number of aliphatic hydroxyl groups excluding tert-OH is 1. The Hall–Kier alpha value is -0.930. The zero-order chi connectivity index (χ0) is 8.10. The van der Waals surface area contributed by atoms with E-state index < -0.39 is 0 Å². The molecule has 3 heteroatoms. The van der Waals surface area contributed by atoms with Crippen LogP contribution in [0.4, 0.5) is 0 Å². The van der Waals surface area contributed by atoms with Gasteiger partial charge in [0, 0.05) is 24.9 Å². The van der Waals surface area contributed by atoms with E-state index in [1.165, 1.54) is 0 Å². The van der Waals surface area contributed by atoms with E-state index in [4.69, 9.17) is 10.8 Å². The second-order valence-electron chi connectivity index (χ2n) is 2.40. The van der Waals surface area contributed by atoms with Crippen molar-refractivity contribution in [3.05, 3.63) is 30.1 Å². The van der Waals surface area contributed by atoms with Crippen LogP contribution in [0.5, 0.6) is 0 Å². The molecule has 0 aromatic carbocycles. The van der Waals surface area contributed by atoms with Gasteiger partial charge in [-0.05, 0) is 11.6 Å². The Labute approximate surface area is 65.9 Å². The SMILES string of the molecule is NCC(CO)c1cccnc1. The van der Waals surface area contributed by atoms with Crippen LogP contribution in [0.25, 0.3) is 0 Å². The van der Waals surface area contributed by atoms with E-state index >= 15 is 0 Å². The van der Waals surface area contributed by atoms with Gasteiger partial charge in [-0.1, -0.05) is 6.07 Å². The molecular formula is C8H12N2O. The van der Waals surface area contributed by atoms with Crippen LogP contribution < -0.4 is 5.73 Å². The molecule has 11 heavy (non-hydrogen) atoms. The van der Waals surface area contributed by atoms with E-state index in [0.717, 1.165) is 5.56 Å². The molecule has 0 aliphatic carbocycles. The zero-order valence-electron chi connectivity index (χ0n) is 6.27. The van der Waals surface area contributed by atoms with Crippen molar-refractivity contribution in [2.45, 2.75) is 5.92 Å². The molecule has 1 rings (SSSR count). The number of aromatic nitrogens is 1. The molecule has 0 amide bonds. The quantitative estimate of drug-likeness (QED) is 0.646. The molecule has 0 saturated carbocycles. The van der Waals surface area contributed by atoms with Gasteiger partial charge in [-0.25, -0.2) is 0 Å². The van der Waals surface area contributed by atoms with Crippen molar-refractivity contribution < 1.29 is 5.11 Å². The summed E-state index contributed by atoms with van der Waals surface area (Å²) < 4.78 is 0. The topological polar surface area (TPSA) is 59.1 Å². The maximum Gasteiger partial charge on any atom is 0.0512 e. The molecule has 1 unspecified atom stereocenters. The maximum absolute atomic E-state index is 8.87. The van der Waals surface area contributed by atoms with Crippen molar-refractivity contribution in [3.8, 4) is 0 Å². The second-order valence-corrected chi connectivity index (χ2v) is 2.40. The fourth-order valence-electron chi connectivity index (χ4n) is 0.933. The van der Waals surface area contributed by atoms with Gasteiger partial charge in [0.05, 0.1) is 6.61 Å². The smallest absolute Gasteiger partial charge is 0.0512 e. The molecule has 3 nitrogen and oxygen atoms in total. The zero-order valence-corrected chi connectivity index (χ0v) is 6.27. The Morgan fingerprint density at radius 2 is 2.45 bits per heavy atom. The van der Waals surface area contributed by atoms with E-state index in [-0.39, 0.29) is 12.5 Å². The van der Waals surface area contributed by atoms with Crippen molar-refractivity contribution >= 4 is 0 Å². The van der Waals surface area contributed by atoms with Crippen LogP contribution in [0.1, 0.15) is 11.5 Å². The molecule has 0 fully saturated rings. The first-order chi connectivity index (χ1) is 5.38. The van der Waals surface area contributed by atoms with Crippen molar-refractivity contribution in [3.63, 3.8) is 0 Å². The van der Waals surface area contributed by atoms with Crippen molar-refractivity contribution in [2.75, 3.05) is 13.2 Å². The van der Waals surface area contributed by atoms with Crippen LogP contribution in [0.2, 0.25) is 0 Å². The molecule has 1 heterocycles. The van der Waals surface area contributed by atoms with Crippen LogP contribution in [0, 0.1) is 0 Å². The van der Waals surface area contributed by atoms with E-state index in [9.17, 15) is 0 Å². The Morgan fingerprint density at radius 3 is 2.91 bits per heavy atom. The van der Waals surface area contributed by atoms with Crippen LogP contribution >= 0.6 is 0 Å². The maximum atomic E-state index is 8.87. The molecule has 1 atom stereocenters. The lowest BCUT2D eigenvalue weighted by Crippen LogP contribution is -2.15. The molecule has 1 aromatic rings. The summed E-state index contributed by atoms with van der Waals surface area (Å²) in [5, 5.41) is 8.87. The first-order valence-electron chi connectivity index (χ1n) is 3.59. The first-order valence-corrected chi connectivity index (χ1v) is 3.59. The van der Waals surface area contributed by atoms with E-state index in [1.807, 2.05) is 12.1 Å². The average Bonchev–Trinajstić information content (AvgIpc) is 2.09. The number of nitrogens with two attached hydrogens (primary N) is 1. The molecule has 0 bridgehead atoms. The Balaban J connectivity index is 2.74. The standard InChI is InChI=1S/C8H12N2O/c9-4-8(6-11)7-2-1-3-10-5-7/h1-3,5,8,11H,4,6,9H2. The number of hydrogen-bond acceptors (Lipinski definition) is 3. The molecule has 0 aliphatic heterocycles. The summed E-state index contributed by atoms with van der Waals surface area (Å²) >= 11 is 0. The van der Waals surface area contributed by atoms with Gasteiger partial charge in [0.25, 0.3) is 0 Å². The molecule has 60 valence electrons. The van der Waals surface area contributed by atoms with Gasteiger partial charge in [-0.2, -0.15) is 0 Å². The lowest BCUT2D eigenvalue weighted by Gasteiger charge is -2.09. The highest BCUT2D eigenvalue weighted by molar-refractivity contribution is 5.14. The first kappa shape index (κ1) is 8.17. The molecule has 1 aromatic heterocycles. The molecule has 0 saturated heterocycles. The molecule has 0 aliphatic rings. The van der Waals surface area contributed by atoms with Crippen LogP contribution in [-0.2, 0) is 0 Å². The summed E-state index contributed by atoms with van der Waals surface area (Å²) in [5.74, 6) is 0.0312. The Morgan fingerprint density at radius 1 is 1.64 bits per heavy atom. The third kappa shape index (κ3) is 2.00. The lowest BCUT2D eigenvalue weighted by atomic mass is 10.0. The number of hydrogen-bond donors (Lipinski definition) is 2. The van der Waals surface area contributed by atoms with Gasteiger partial charge in [-0.3, -0.25) is 4.98 Å². The van der Waals surface area contributed by atoms with Crippen molar-refractivity contribution in [1.82, 2.24) is 4.98 Å². The van der Waals surface area contributed by atoms with Crippen molar-refractivity contribution in [1.29, 1.82) is 0 Å². The van der Waals surface area contributed by atoms with Crippen LogP contribution in [0.15, 0.2) is 24.5 Å². The highest BCUT2D eigenvalue weighted by atomic mass is 16.3. The van der Waals surface area contributed by atoms with Gasteiger partial charge >= 0.3 is 0 Å². The third-order valence-electron chi connectivity index (χ3n) is 1.66. The van der Waals surface area contributed by atoms with E-state index in [1.54, 1.807) is 12.4 Å². The summed E-state index contributed by atoms with van der Waals surface area (Å²) in [5.41, 5.74) is 6.43. The van der Waals surface area contributed by atoms with Gasteiger partial charge in [0.1, 0.15) is 0 Å². The Kier molecular flexibility index (Phi) is 3.01. The van der Waals surface area contributed by atoms with Crippen LogP contribution in [0.3, 0.4) is 0 Å². The fraction of sp³-hybridized carbons (Fsp3) is 0.375. The van der Waals surface area contributed by atoms with Gasteiger partial charge in [-0.15, -0.1) is 0 Å². The minimum atomic E-state index is 0.0312. The summed E-state index contributed by atoms with van der Waals surface area (Å²) in [6.45, 7) is 0.546. The second kappa shape index (κ2) is 4.05. The largest absolute Gasteiger partial charge is 0.396 e. The molecule has 0 radical (unpaired) electrons. The highest BCUT2D eigenvalue weighted by Gasteiger charge is 2.06. The summed E-state index contributed by atoms with van der Waals surface area (Å²) in [6.07, 6.45) is 3.43. The monoisotopic (exact) mass is 152 g/mol. The summed E-state index contributed by atoms with van der Waals surface area (Å²) in [7, 11) is 0. The van der Waals surface area contributed by atoms with Crippen LogP contribution in [-0.4, -0.2) is 23.2 Å². The van der Waals surface area contributed by atoms with E-state index in [0.29, 0.717) is 6.54 Å². The Bertz CT molecular complexity index is 197. The predicted molar refractivity (Wildman–Crippen MR) is 43.1 cm³/mol. The average molecular weight is 152 g/mol.